The molecule has 2 rings (SSSR count). The number of aryl methyl sites for hydroxylation is 1. The maximum Gasteiger partial charge on any atom is 0.189 e. The van der Waals surface area contributed by atoms with Crippen LogP contribution in [-0.2, 0) is 6.42 Å². The van der Waals surface area contributed by atoms with Gasteiger partial charge in [-0.3, -0.25) is 4.79 Å². The molecule has 0 aliphatic carbocycles. The number of benzene rings is 2. The summed E-state index contributed by atoms with van der Waals surface area (Å²) in [6.07, 6.45) is 4.36. The smallest absolute Gasteiger partial charge is 0.189 e. The first-order valence-electron chi connectivity index (χ1n) is 7.21. The molecule has 3 nitrogen and oxygen atoms in total. The molecule has 0 saturated carbocycles. The van der Waals surface area contributed by atoms with Crippen LogP contribution >= 0.6 is 0 Å². The molecule has 0 atom stereocenters. The average Bonchev–Trinajstić information content (AvgIpc) is 2.59. The summed E-state index contributed by atoms with van der Waals surface area (Å²) in [5, 5.41) is 0. The Morgan fingerprint density at radius 1 is 1.05 bits per heavy atom. The van der Waals surface area contributed by atoms with Crippen molar-refractivity contribution in [1.29, 1.82) is 0 Å². The molecule has 0 heterocycles. The first-order valence-corrected chi connectivity index (χ1v) is 7.21. The van der Waals surface area contributed by atoms with Crippen LogP contribution < -0.4 is 9.47 Å². The maximum atomic E-state index is 12.4. The van der Waals surface area contributed by atoms with Gasteiger partial charge in [0.15, 0.2) is 5.78 Å². The van der Waals surface area contributed by atoms with Crippen molar-refractivity contribution in [3.05, 3.63) is 65.2 Å². The van der Waals surface area contributed by atoms with Gasteiger partial charge in [-0.05, 0) is 41.8 Å². The summed E-state index contributed by atoms with van der Waals surface area (Å²) in [5.41, 5.74) is 2.76. The van der Waals surface area contributed by atoms with Gasteiger partial charge in [-0.1, -0.05) is 37.3 Å². The molecular formula is C19H20O3. The third kappa shape index (κ3) is 3.76. The summed E-state index contributed by atoms with van der Waals surface area (Å²) in [6, 6.07) is 13.3. The van der Waals surface area contributed by atoms with Crippen molar-refractivity contribution in [2.75, 3.05) is 14.2 Å². The van der Waals surface area contributed by atoms with Crippen molar-refractivity contribution in [1.82, 2.24) is 0 Å². The van der Waals surface area contributed by atoms with Gasteiger partial charge in [-0.15, -0.1) is 0 Å². The van der Waals surface area contributed by atoms with Gasteiger partial charge in [-0.25, -0.2) is 0 Å². The number of ether oxygens (including phenoxy) is 2. The van der Waals surface area contributed by atoms with Crippen LogP contribution in [0.4, 0.5) is 0 Å². The van der Waals surface area contributed by atoms with Crippen molar-refractivity contribution >= 4 is 11.9 Å². The molecule has 0 aliphatic heterocycles. The van der Waals surface area contributed by atoms with Crippen molar-refractivity contribution in [3.63, 3.8) is 0 Å². The van der Waals surface area contributed by atoms with Crippen LogP contribution in [0.5, 0.6) is 11.5 Å². The van der Waals surface area contributed by atoms with E-state index in [2.05, 4.69) is 19.1 Å². The SMILES string of the molecule is CCc1ccc(/C=C/C(=O)c2cc(OC)ccc2OC)cc1. The van der Waals surface area contributed by atoms with E-state index in [9.17, 15) is 4.79 Å². The Balaban J connectivity index is 2.22. The predicted octanol–water partition coefficient (Wildman–Crippen LogP) is 4.16. The zero-order valence-corrected chi connectivity index (χ0v) is 13.1. The molecule has 0 radical (unpaired) electrons. The number of rotatable bonds is 6. The Kier molecular flexibility index (Phi) is 5.37. The van der Waals surface area contributed by atoms with E-state index in [-0.39, 0.29) is 5.78 Å². The highest BCUT2D eigenvalue weighted by Gasteiger charge is 2.11. The fourth-order valence-corrected chi connectivity index (χ4v) is 2.13. The Hall–Kier alpha value is -2.55. The molecule has 3 heteroatoms. The third-order valence-electron chi connectivity index (χ3n) is 3.49. The van der Waals surface area contributed by atoms with E-state index >= 15 is 0 Å². The molecule has 0 amide bonds. The first-order chi connectivity index (χ1) is 10.7. The zero-order valence-electron chi connectivity index (χ0n) is 13.1. The second-order valence-corrected chi connectivity index (χ2v) is 4.86. The molecule has 2 aromatic carbocycles. The minimum absolute atomic E-state index is 0.115. The van der Waals surface area contributed by atoms with Crippen LogP contribution in [0.3, 0.4) is 0 Å². The Labute approximate surface area is 131 Å². The molecule has 0 bridgehead atoms. The minimum atomic E-state index is -0.115. The standard InChI is InChI=1S/C19H20O3/c1-4-14-5-7-15(8-6-14)9-11-18(20)17-13-16(21-2)10-12-19(17)22-3/h5-13H,4H2,1-3H3/b11-9+. The molecule has 0 aliphatic rings. The second-order valence-electron chi connectivity index (χ2n) is 4.86. The fraction of sp³-hybridized carbons (Fsp3) is 0.211. The van der Waals surface area contributed by atoms with Crippen LogP contribution in [-0.4, -0.2) is 20.0 Å². The summed E-state index contributed by atoms with van der Waals surface area (Å²) in [7, 11) is 3.12. The lowest BCUT2D eigenvalue weighted by molar-refractivity contribution is 0.104. The van der Waals surface area contributed by atoms with E-state index in [1.807, 2.05) is 12.1 Å². The van der Waals surface area contributed by atoms with Gasteiger partial charge in [0, 0.05) is 0 Å². The first kappa shape index (κ1) is 15.8. The maximum absolute atomic E-state index is 12.4. The second kappa shape index (κ2) is 7.46. The Bertz CT molecular complexity index is 670. The van der Waals surface area contributed by atoms with Gasteiger partial charge < -0.3 is 9.47 Å². The van der Waals surface area contributed by atoms with Crippen molar-refractivity contribution in [2.45, 2.75) is 13.3 Å². The molecule has 0 saturated heterocycles. The number of carbonyl (C=O) groups is 1. The van der Waals surface area contributed by atoms with Crippen LogP contribution in [0.15, 0.2) is 48.5 Å². The molecule has 0 spiro atoms. The summed E-state index contributed by atoms with van der Waals surface area (Å²) < 4.78 is 10.4. The number of hydrogen-bond acceptors (Lipinski definition) is 3. The highest BCUT2D eigenvalue weighted by Crippen LogP contribution is 2.24. The number of allylic oxidation sites excluding steroid dienone is 1. The largest absolute Gasteiger partial charge is 0.497 e. The quantitative estimate of drug-likeness (QED) is 0.593. The monoisotopic (exact) mass is 296 g/mol. The normalized spacial score (nSPS) is 10.7. The summed E-state index contributed by atoms with van der Waals surface area (Å²) in [5.74, 6) is 1.05. The van der Waals surface area contributed by atoms with E-state index in [0.29, 0.717) is 17.1 Å². The highest BCUT2D eigenvalue weighted by molar-refractivity contribution is 6.08. The van der Waals surface area contributed by atoms with Gasteiger partial charge in [0.05, 0.1) is 19.8 Å². The molecular weight excluding hydrogens is 276 g/mol. The highest BCUT2D eigenvalue weighted by atomic mass is 16.5. The average molecular weight is 296 g/mol. The molecule has 114 valence electrons. The van der Waals surface area contributed by atoms with E-state index in [4.69, 9.17) is 9.47 Å². The Morgan fingerprint density at radius 3 is 2.36 bits per heavy atom. The number of methoxy groups -OCH3 is 2. The van der Waals surface area contributed by atoms with Crippen LogP contribution in [0.25, 0.3) is 6.08 Å². The van der Waals surface area contributed by atoms with Crippen LogP contribution in [0.2, 0.25) is 0 Å². The van der Waals surface area contributed by atoms with Gasteiger partial charge in [0.25, 0.3) is 0 Å². The predicted molar refractivity (Wildman–Crippen MR) is 88.7 cm³/mol. The Morgan fingerprint density at radius 2 is 1.77 bits per heavy atom. The van der Waals surface area contributed by atoms with Crippen LogP contribution in [0.1, 0.15) is 28.4 Å². The molecule has 2 aromatic rings. The molecule has 0 aromatic heterocycles. The minimum Gasteiger partial charge on any atom is -0.497 e. The van der Waals surface area contributed by atoms with Crippen LogP contribution in [0, 0.1) is 0 Å². The van der Waals surface area contributed by atoms with Gasteiger partial charge in [0.1, 0.15) is 11.5 Å². The lowest BCUT2D eigenvalue weighted by atomic mass is 10.1. The van der Waals surface area contributed by atoms with E-state index < -0.39 is 0 Å². The van der Waals surface area contributed by atoms with Gasteiger partial charge >= 0.3 is 0 Å². The van der Waals surface area contributed by atoms with E-state index in [1.54, 1.807) is 44.6 Å². The lowest BCUT2D eigenvalue weighted by Gasteiger charge is -2.07. The van der Waals surface area contributed by atoms with E-state index in [0.717, 1.165) is 12.0 Å². The topological polar surface area (TPSA) is 35.5 Å². The third-order valence-corrected chi connectivity index (χ3v) is 3.49. The fourth-order valence-electron chi connectivity index (χ4n) is 2.13. The zero-order chi connectivity index (χ0) is 15.9. The van der Waals surface area contributed by atoms with Gasteiger partial charge in [0.2, 0.25) is 0 Å². The number of carbonyl (C=O) groups excluding carboxylic acids is 1. The summed E-state index contributed by atoms with van der Waals surface area (Å²) in [6.45, 7) is 2.11. The van der Waals surface area contributed by atoms with Crippen molar-refractivity contribution < 1.29 is 14.3 Å². The van der Waals surface area contributed by atoms with Gasteiger partial charge in [-0.2, -0.15) is 0 Å². The van der Waals surface area contributed by atoms with Crippen molar-refractivity contribution in [3.8, 4) is 11.5 Å². The molecule has 0 N–H and O–H groups in total. The summed E-state index contributed by atoms with van der Waals surface area (Å²) >= 11 is 0. The lowest BCUT2D eigenvalue weighted by Crippen LogP contribution is -1.99. The van der Waals surface area contributed by atoms with E-state index in [1.165, 1.54) is 5.56 Å². The summed E-state index contributed by atoms with van der Waals surface area (Å²) in [4.78, 5) is 12.4. The number of ketones is 1. The molecule has 22 heavy (non-hydrogen) atoms. The van der Waals surface area contributed by atoms with Crippen molar-refractivity contribution in [2.24, 2.45) is 0 Å². The number of hydrogen-bond donors (Lipinski definition) is 0. The molecule has 0 unspecified atom stereocenters. The molecule has 0 fully saturated rings.